The molecular weight excluding hydrogens is 254 g/mol. The van der Waals surface area contributed by atoms with E-state index in [4.69, 9.17) is 4.74 Å². The van der Waals surface area contributed by atoms with Crippen molar-refractivity contribution in [3.63, 3.8) is 0 Å². The second-order valence-corrected chi connectivity index (χ2v) is 3.83. The van der Waals surface area contributed by atoms with Crippen LogP contribution in [0.4, 0.5) is 5.69 Å². The molecule has 7 nitrogen and oxygen atoms in total. The van der Waals surface area contributed by atoms with Crippen molar-refractivity contribution in [1.82, 2.24) is 0 Å². The van der Waals surface area contributed by atoms with Gasteiger partial charge in [-0.05, 0) is 25.5 Å². The molecule has 0 aromatic heterocycles. The highest BCUT2D eigenvalue weighted by Gasteiger charge is 2.23. The number of benzene rings is 1. The molecule has 0 aliphatic rings. The number of esters is 1. The number of hydrogen-bond donors (Lipinski definition) is 0. The molecule has 1 unspecified atom stereocenters. The minimum atomic E-state index is -0.981. The minimum absolute atomic E-state index is 0.0778. The number of nitro groups is 1. The van der Waals surface area contributed by atoms with Crippen molar-refractivity contribution in [2.24, 2.45) is 0 Å². The first kappa shape index (κ1) is 14.6. The maximum Gasteiger partial charge on any atom is 0.346 e. The molecule has 0 radical (unpaired) electrons. The standard InChI is InChI=1S/C12H13NO6/c1-7-4-11(19-8(2)12(15)18-3)10(13(16)17)5-9(7)6-14/h4-6,8H,1-3H3. The molecule has 102 valence electrons. The maximum absolute atomic E-state index is 11.2. The Kier molecular flexibility index (Phi) is 4.57. The molecule has 0 spiro atoms. The predicted octanol–water partition coefficient (Wildman–Crippen LogP) is 1.66. The van der Waals surface area contributed by atoms with Crippen molar-refractivity contribution in [2.75, 3.05) is 7.11 Å². The molecule has 1 aromatic carbocycles. The molecule has 0 saturated carbocycles. The number of methoxy groups -OCH3 is 1. The molecule has 0 heterocycles. The number of hydrogen-bond acceptors (Lipinski definition) is 6. The number of carbonyl (C=O) groups is 2. The highest BCUT2D eigenvalue weighted by molar-refractivity contribution is 5.80. The van der Waals surface area contributed by atoms with Crippen LogP contribution in [-0.2, 0) is 9.53 Å². The van der Waals surface area contributed by atoms with Gasteiger partial charge in [0.15, 0.2) is 18.1 Å². The molecule has 7 heteroatoms. The largest absolute Gasteiger partial charge is 0.472 e. The molecule has 0 N–H and O–H groups in total. The van der Waals surface area contributed by atoms with Gasteiger partial charge in [0.25, 0.3) is 0 Å². The lowest BCUT2D eigenvalue weighted by Gasteiger charge is -2.13. The van der Waals surface area contributed by atoms with Gasteiger partial charge in [0, 0.05) is 11.6 Å². The third-order valence-electron chi connectivity index (χ3n) is 2.51. The van der Waals surface area contributed by atoms with Crippen LogP contribution in [0, 0.1) is 17.0 Å². The fourth-order valence-electron chi connectivity index (χ4n) is 1.45. The van der Waals surface area contributed by atoms with Crippen molar-refractivity contribution in [3.8, 4) is 5.75 Å². The van der Waals surface area contributed by atoms with Crippen LogP contribution in [0.5, 0.6) is 5.75 Å². The van der Waals surface area contributed by atoms with Crippen LogP contribution in [0.1, 0.15) is 22.8 Å². The van der Waals surface area contributed by atoms with Crippen LogP contribution in [0.3, 0.4) is 0 Å². The van der Waals surface area contributed by atoms with Gasteiger partial charge in [0.05, 0.1) is 12.0 Å². The fraction of sp³-hybridized carbons (Fsp3) is 0.333. The van der Waals surface area contributed by atoms with Gasteiger partial charge in [-0.2, -0.15) is 0 Å². The Morgan fingerprint density at radius 3 is 2.58 bits per heavy atom. The van der Waals surface area contributed by atoms with Gasteiger partial charge < -0.3 is 9.47 Å². The molecule has 0 fully saturated rings. The first-order chi connectivity index (χ1) is 8.90. The Labute approximate surface area is 109 Å². The Morgan fingerprint density at radius 2 is 2.11 bits per heavy atom. The second-order valence-electron chi connectivity index (χ2n) is 3.83. The lowest BCUT2D eigenvalue weighted by Crippen LogP contribution is -2.25. The molecule has 0 saturated heterocycles. The van der Waals surface area contributed by atoms with E-state index in [1.165, 1.54) is 20.1 Å². The fourth-order valence-corrected chi connectivity index (χ4v) is 1.45. The Balaban J connectivity index is 3.19. The summed E-state index contributed by atoms with van der Waals surface area (Å²) in [7, 11) is 1.19. The Morgan fingerprint density at radius 1 is 1.47 bits per heavy atom. The number of carbonyl (C=O) groups excluding carboxylic acids is 2. The summed E-state index contributed by atoms with van der Waals surface area (Å²) in [6, 6.07) is 2.46. The van der Waals surface area contributed by atoms with E-state index in [-0.39, 0.29) is 17.0 Å². The van der Waals surface area contributed by atoms with Crippen LogP contribution in [0.25, 0.3) is 0 Å². The SMILES string of the molecule is COC(=O)C(C)Oc1cc(C)c(C=O)cc1[N+](=O)[O-]. The second kappa shape index (κ2) is 5.94. The number of aryl methyl sites for hydroxylation is 1. The summed E-state index contributed by atoms with van der Waals surface area (Å²) in [6.07, 6.45) is -0.458. The van der Waals surface area contributed by atoms with Gasteiger partial charge in [-0.1, -0.05) is 0 Å². The zero-order valence-electron chi connectivity index (χ0n) is 10.7. The Bertz CT molecular complexity index is 525. The van der Waals surface area contributed by atoms with E-state index in [1.807, 2.05) is 0 Å². The molecule has 1 aromatic rings. The molecule has 0 aliphatic carbocycles. The monoisotopic (exact) mass is 267 g/mol. The normalized spacial score (nSPS) is 11.5. The van der Waals surface area contributed by atoms with Crippen LogP contribution in [0.2, 0.25) is 0 Å². The van der Waals surface area contributed by atoms with E-state index >= 15 is 0 Å². The molecule has 1 atom stereocenters. The molecule has 0 aliphatic heterocycles. The third-order valence-corrected chi connectivity index (χ3v) is 2.51. The average Bonchev–Trinajstić information content (AvgIpc) is 2.37. The zero-order valence-corrected chi connectivity index (χ0v) is 10.7. The molecule has 0 bridgehead atoms. The number of rotatable bonds is 5. The van der Waals surface area contributed by atoms with Gasteiger partial charge >= 0.3 is 11.7 Å². The van der Waals surface area contributed by atoms with Crippen molar-refractivity contribution >= 4 is 17.9 Å². The summed E-state index contributed by atoms with van der Waals surface area (Å²) >= 11 is 0. The molecular formula is C12H13NO6. The summed E-state index contributed by atoms with van der Waals surface area (Å²) < 4.78 is 9.68. The number of ether oxygens (including phenoxy) is 2. The predicted molar refractivity (Wildman–Crippen MR) is 65.3 cm³/mol. The highest BCUT2D eigenvalue weighted by atomic mass is 16.6. The van der Waals surface area contributed by atoms with Crippen LogP contribution in [-0.4, -0.2) is 30.4 Å². The van der Waals surface area contributed by atoms with Gasteiger partial charge in [0.2, 0.25) is 0 Å². The van der Waals surface area contributed by atoms with Gasteiger partial charge in [-0.3, -0.25) is 14.9 Å². The number of nitrogens with zero attached hydrogens (tertiary/aromatic N) is 1. The van der Waals surface area contributed by atoms with Crippen LogP contribution >= 0.6 is 0 Å². The first-order valence-corrected chi connectivity index (χ1v) is 5.39. The van der Waals surface area contributed by atoms with Gasteiger partial charge in [-0.15, -0.1) is 0 Å². The first-order valence-electron chi connectivity index (χ1n) is 5.39. The minimum Gasteiger partial charge on any atom is -0.472 e. The van der Waals surface area contributed by atoms with E-state index in [2.05, 4.69) is 4.74 Å². The maximum atomic E-state index is 11.2. The summed E-state index contributed by atoms with van der Waals surface area (Å²) in [4.78, 5) is 32.2. The Hall–Kier alpha value is -2.44. The summed E-state index contributed by atoms with van der Waals surface area (Å²) in [6.45, 7) is 3.03. The van der Waals surface area contributed by atoms with Gasteiger partial charge in [0.1, 0.15) is 0 Å². The zero-order chi connectivity index (χ0) is 14.6. The number of aldehydes is 1. The average molecular weight is 267 g/mol. The third kappa shape index (κ3) is 3.27. The van der Waals surface area contributed by atoms with Crippen molar-refractivity contribution in [3.05, 3.63) is 33.4 Å². The van der Waals surface area contributed by atoms with E-state index in [0.717, 1.165) is 6.07 Å². The molecule has 1 rings (SSSR count). The molecule has 0 amide bonds. The van der Waals surface area contributed by atoms with Gasteiger partial charge in [-0.25, -0.2) is 4.79 Å². The van der Waals surface area contributed by atoms with E-state index in [0.29, 0.717) is 11.8 Å². The topological polar surface area (TPSA) is 95.7 Å². The lowest BCUT2D eigenvalue weighted by atomic mass is 10.1. The van der Waals surface area contributed by atoms with E-state index < -0.39 is 17.0 Å². The summed E-state index contributed by atoms with van der Waals surface area (Å²) in [5, 5.41) is 10.9. The highest BCUT2D eigenvalue weighted by Crippen LogP contribution is 2.30. The van der Waals surface area contributed by atoms with Crippen LogP contribution in [0.15, 0.2) is 12.1 Å². The van der Waals surface area contributed by atoms with Crippen molar-refractivity contribution in [2.45, 2.75) is 20.0 Å². The quantitative estimate of drug-likeness (QED) is 0.348. The van der Waals surface area contributed by atoms with E-state index in [9.17, 15) is 19.7 Å². The number of nitro benzene ring substituents is 1. The summed E-state index contributed by atoms with van der Waals surface area (Å²) in [5.74, 6) is -0.725. The van der Waals surface area contributed by atoms with Crippen molar-refractivity contribution < 1.29 is 24.0 Å². The van der Waals surface area contributed by atoms with Crippen LogP contribution < -0.4 is 4.74 Å². The van der Waals surface area contributed by atoms with Crippen molar-refractivity contribution in [1.29, 1.82) is 0 Å². The van der Waals surface area contributed by atoms with E-state index in [1.54, 1.807) is 6.92 Å². The smallest absolute Gasteiger partial charge is 0.346 e. The molecule has 19 heavy (non-hydrogen) atoms. The lowest BCUT2D eigenvalue weighted by molar-refractivity contribution is -0.386. The summed E-state index contributed by atoms with van der Waals surface area (Å²) in [5.41, 5.74) is 0.348.